The number of hydrogen-bond acceptors (Lipinski definition) is 3. The highest BCUT2D eigenvalue weighted by atomic mass is 16.4. The summed E-state index contributed by atoms with van der Waals surface area (Å²) in [6, 6.07) is 15.7. The van der Waals surface area contributed by atoms with Gasteiger partial charge in [-0.1, -0.05) is 49.4 Å². The number of carboxylic acids is 1. The first-order chi connectivity index (χ1) is 12.9. The van der Waals surface area contributed by atoms with Gasteiger partial charge in [-0.25, -0.2) is 4.79 Å². The van der Waals surface area contributed by atoms with Gasteiger partial charge in [0.15, 0.2) is 5.54 Å². The van der Waals surface area contributed by atoms with E-state index in [1.165, 1.54) is 0 Å². The number of aryl methyl sites for hydroxylation is 1. The van der Waals surface area contributed by atoms with E-state index in [-0.39, 0.29) is 24.7 Å². The number of rotatable bonds is 8. The van der Waals surface area contributed by atoms with Crippen molar-refractivity contribution in [3.8, 4) is 0 Å². The van der Waals surface area contributed by atoms with Crippen LogP contribution in [0.3, 0.4) is 0 Å². The summed E-state index contributed by atoms with van der Waals surface area (Å²) in [7, 11) is 1.56. The summed E-state index contributed by atoms with van der Waals surface area (Å²) in [5.41, 5.74) is 0.439. The van der Waals surface area contributed by atoms with Gasteiger partial charge < -0.3 is 15.7 Å². The van der Waals surface area contributed by atoms with Crippen molar-refractivity contribution in [1.82, 2.24) is 10.6 Å². The number of carbonyl (C=O) groups is 3. The first-order valence-electron chi connectivity index (χ1n) is 8.84. The Kier molecular flexibility index (Phi) is 6.71. The second-order valence-electron chi connectivity index (χ2n) is 6.26. The highest BCUT2D eigenvalue weighted by molar-refractivity contribution is 5.94. The van der Waals surface area contributed by atoms with E-state index in [0.29, 0.717) is 17.5 Å². The van der Waals surface area contributed by atoms with Crippen molar-refractivity contribution >= 4 is 17.8 Å². The van der Waals surface area contributed by atoms with E-state index in [9.17, 15) is 19.5 Å². The monoisotopic (exact) mass is 368 g/mol. The molecule has 0 aromatic heterocycles. The maximum atomic E-state index is 12.5. The molecule has 0 fully saturated rings. The molecule has 1 atom stereocenters. The molecule has 0 heterocycles. The van der Waals surface area contributed by atoms with E-state index in [2.05, 4.69) is 10.6 Å². The van der Waals surface area contributed by atoms with Crippen molar-refractivity contribution < 1.29 is 19.5 Å². The molecule has 2 aromatic carbocycles. The second-order valence-corrected chi connectivity index (χ2v) is 6.26. The fourth-order valence-corrected chi connectivity index (χ4v) is 2.99. The first kappa shape index (κ1) is 20.2. The average Bonchev–Trinajstić information content (AvgIpc) is 2.70. The zero-order valence-electron chi connectivity index (χ0n) is 15.5. The Morgan fingerprint density at radius 1 is 1.04 bits per heavy atom. The summed E-state index contributed by atoms with van der Waals surface area (Å²) in [4.78, 5) is 36.2. The molecule has 2 rings (SSSR count). The molecule has 0 saturated carbocycles. The summed E-state index contributed by atoms with van der Waals surface area (Å²) < 4.78 is 0. The topological polar surface area (TPSA) is 95.5 Å². The lowest BCUT2D eigenvalue weighted by Gasteiger charge is -2.30. The van der Waals surface area contributed by atoms with Crippen LogP contribution in [-0.4, -0.2) is 29.9 Å². The molecular weight excluding hydrogens is 344 g/mol. The number of aliphatic carboxylic acids is 1. The predicted octanol–water partition coefficient (Wildman–Crippen LogP) is 2.49. The van der Waals surface area contributed by atoms with Crippen LogP contribution in [0.2, 0.25) is 0 Å². The number of benzene rings is 2. The van der Waals surface area contributed by atoms with E-state index in [1.54, 1.807) is 62.5 Å². The van der Waals surface area contributed by atoms with Gasteiger partial charge in [0.25, 0.3) is 5.91 Å². The Morgan fingerprint density at radius 3 is 2.33 bits per heavy atom. The first-order valence-corrected chi connectivity index (χ1v) is 8.84. The fourth-order valence-electron chi connectivity index (χ4n) is 2.99. The van der Waals surface area contributed by atoms with Crippen LogP contribution >= 0.6 is 0 Å². The van der Waals surface area contributed by atoms with Gasteiger partial charge in [0.05, 0.1) is 0 Å². The summed E-state index contributed by atoms with van der Waals surface area (Å²) in [5, 5.41) is 15.0. The molecule has 0 aliphatic carbocycles. The van der Waals surface area contributed by atoms with Crippen LogP contribution in [0.25, 0.3) is 0 Å². The lowest BCUT2D eigenvalue weighted by Crippen LogP contribution is -2.51. The summed E-state index contributed by atoms with van der Waals surface area (Å²) in [5.74, 6) is -1.64. The molecule has 0 aliphatic rings. The van der Waals surface area contributed by atoms with E-state index in [1.807, 2.05) is 6.07 Å². The minimum atomic E-state index is -1.46. The lowest BCUT2D eigenvalue weighted by molar-refractivity contribution is -0.148. The van der Waals surface area contributed by atoms with Crippen LogP contribution in [0.5, 0.6) is 0 Å². The SMILES string of the molecule is CCC(NC(=O)CCc1cccc(C(=O)NC)c1)(C(=O)O)c1ccccc1. The number of nitrogens with one attached hydrogen (secondary N) is 2. The van der Waals surface area contributed by atoms with Gasteiger partial charge in [-0.2, -0.15) is 0 Å². The molecule has 1 unspecified atom stereocenters. The smallest absolute Gasteiger partial charge is 0.334 e. The molecular formula is C21H24N2O4. The van der Waals surface area contributed by atoms with Gasteiger partial charge in [0, 0.05) is 19.0 Å². The van der Waals surface area contributed by atoms with Crippen molar-refractivity contribution in [2.45, 2.75) is 31.7 Å². The van der Waals surface area contributed by atoms with Crippen LogP contribution in [0.15, 0.2) is 54.6 Å². The predicted molar refractivity (Wildman–Crippen MR) is 102 cm³/mol. The quantitative estimate of drug-likeness (QED) is 0.667. The Bertz CT molecular complexity index is 820. The molecule has 6 heteroatoms. The largest absolute Gasteiger partial charge is 0.479 e. The second kappa shape index (κ2) is 8.98. The molecule has 2 aromatic rings. The van der Waals surface area contributed by atoms with Crippen LogP contribution in [0, 0.1) is 0 Å². The number of carbonyl (C=O) groups excluding carboxylic acids is 2. The molecule has 0 spiro atoms. The van der Waals surface area contributed by atoms with E-state index < -0.39 is 11.5 Å². The van der Waals surface area contributed by atoms with Crippen LogP contribution in [0.1, 0.15) is 41.3 Å². The van der Waals surface area contributed by atoms with Crippen LogP contribution in [0.4, 0.5) is 0 Å². The molecule has 6 nitrogen and oxygen atoms in total. The number of carboxylic acid groups (broad SMARTS) is 1. The van der Waals surface area contributed by atoms with Crippen LogP contribution < -0.4 is 10.6 Å². The van der Waals surface area contributed by atoms with Gasteiger partial charge in [0.2, 0.25) is 5.91 Å². The zero-order chi connectivity index (χ0) is 19.9. The van der Waals surface area contributed by atoms with Gasteiger partial charge in [-0.3, -0.25) is 9.59 Å². The Hall–Kier alpha value is -3.15. The van der Waals surface area contributed by atoms with Crippen molar-refractivity contribution in [3.63, 3.8) is 0 Å². The summed E-state index contributed by atoms with van der Waals surface area (Å²) in [6.45, 7) is 1.73. The molecule has 142 valence electrons. The van der Waals surface area contributed by atoms with Crippen LogP contribution in [-0.2, 0) is 21.5 Å². The molecule has 3 N–H and O–H groups in total. The molecule has 0 bridgehead atoms. The molecule has 0 saturated heterocycles. The average molecular weight is 368 g/mol. The Balaban J connectivity index is 2.11. The third-order valence-electron chi connectivity index (χ3n) is 4.57. The highest BCUT2D eigenvalue weighted by Gasteiger charge is 2.39. The van der Waals surface area contributed by atoms with Gasteiger partial charge in [-0.05, 0) is 36.1 Å². The normalized spacial score (nSPS) is 12.7. The molecule has 0 aliphatic heterocycles. The minimum Gasteiger partial charge on any atom is -0.479 e. The Labute approximate surface area is 158 Å². The molecule has 27 heavy (non-hydrogen) atoms. The van der Waals surface area contributed by atoms with E-state index in [0.717, 1.165) is 5.56 Å². The van der Waals surface area contributed by atoms with Gasteiger partial charge in [0.1, 0.15) is 0 Å². The molecule has 0 radical (unpaired) electrons. The van der Waals surface area contributed by atoms with E-state index >= 15 is 0 Å². The zero-order valence-corrected chi connectivity index (χ0v) is 15.5. The van der Waals surface area contributed by atoms with Gasteiger partial charge in [-0.15, -0.1) is 0 Å². The number of hydrogen-bond donors (Lipinski definition) is 3. The maximum absolute atomic E-state index is 12.5. The summed E-state index contributed by atoms with van der Waals surface area (Å²) in [6.07, 6.45) is 0.758. The fraction of sp³-hybridized carbons (Fsp3) is 0.286. The van der Waals surface area contributed by atoms with Crippen molar-refractivity contribution in [2.24, 2.45) is 0 Å². The third kappa shape index (κ3) is 4.73. The molecule has 2 amide bonds. The lowest BCUT2D eigenvalue weighted by atomic mass is 9.87. The Morgan fingerprint density at radius 2 is 1.74 bits per heavy atom. The standard InChI is InChI=1S/C21H24N2O4/c1-3-21(20(26)27,17-10-5-4-6-11-17)23-18(24)13-12-15-8-7-9-16(14-15)19(25)22-2/h4-11,14H,3,12-13H2,1-2H3,(H,22,25)(H,23,24)(H,26,27). The summed E-state index contributed by atoms with van der Waals surface area (Å²) >= 11 is 0. The number of amides is 2. The van der Waals surface area contributed by atoms with Gasteiger partial charge >= 0.3 is 5.97 Å². The van der Waals surface area contributed by atoms with Crippen molar-refractivity contribution in [3.05, 3.63) is 71.3 Å². The van der Waals surface area contributed by atoms with Crippen molar-refractivity contribution in [1.29, 1.82) is 0 Å². The minimum absolute atomic E-state index is 0.124. The highest BCUT2D eigenvalue weighted by Crippen LogP contribution is 2.25. The maximum Gasteiger partial charge on any atom is 0.334 e. The van der Waals surface area contributed by atoms with Crippen molar-refractivity contribution in [2.75, 3.05) is 7.05 Å². The van der Waals surface area contributed by atoms with E-state index in [4.69, 9.17) is 0 Å². The third-order valence-corrected chi connectivity index (χ3v) is 4.57.